The SMILES string of the molecule is Nc1cccc(C(O)C2CCS(=O)(=O)CC2)c1. The Morgan fingerprint density at radius 3 is 2.53 bits per heavy atom. The van der Waals surface area contributed by atoms with Crippen molar-refractivity contribution in [1.29, 1.82) is 0 Å². The van der Waals surface area contributed by atoms with Crippen molar-refractivity contribution < 1.29 is 13.5 Å². The Morgan fingerprint density at radius 2 is 1.94 bits per heavy atom. The zero-order chi connectivity index (χ0) is 12.5. The van der Waals surface area contributed by atoms with E-state index >= 15 is 0 Å². The van der Waals surface area contributed by atoms with E-state index in [2.05, 4.69) is 0 Å². The molecular formula is C12H17NO3S. The number of rotatable bonds is 2. The fourth-order valence-electron chi connectivity index (χ4n) is 2.24. The second-order valence-electron chi connectivity index (χ2n) is 4.60. The van der Waals surface area contributed by atoms with Crippen LogP contribution in [-0.2, 0) is 9.84 Å². The highest BCUT2D eigenvalue weighted by Crippen LogP contribution is 2.31. The molecular weight excluding hydrogens is 238 g/mol. The van der Waals surface area contributed by atoms with Crippen molar-refractivity contribution in [3.05, 3.63) is 29.8 Å². The molecule has 0 spiro atoms. The summed E-state index contributed by atoms with van der Waals surface area (Å²) in [5.41, 5.74) is 7.05. The molecule has 1 aromatic carbocycles. The van der Waals surface area contributed by atoms with Gasteiger partial charge in [-0.3, -0.25) is 0 Å². The molecule has 17 heavy (non-hydrogen) atoms. The van der Waals surface area contributed by atoms with Gasteiger partial charge in [-0.05, 0) is 36.5 Å². The van der Waals surface area contributed by atoms with Gasteiger partial charge in [-0.15, -0.1) is 0 Å². The van der Waals surface area contributed by atoms with Crippen LogP contribution in [0.3, 0.4) is 0 Å². The lowest BCUT2D eigenvalue weighted by molar-refractivity contribution is 0.102. The number of anilines is 1. The Labute approximate surface area is 101 Å². The Hall–Kier alpha value is -1.07. The van der Waals surface area contributed by atoms with Crippen molar-refractivity contribution >= 4 is 15.5 Å². The van der Waals surface area contributed by atoms with Crippen molar-refractivity contribution in [2.24, 2.45) is 5.92 Å². The van der Waals surface area contributed by atoms with Crippen LogP contribution in [0, 0.1) is 5.92 Å². The maximum atomic E-state index is 11.3. The fourth-order valence-corrected chi connectivity index (χ4v) is 3.77. The number of nitrogens with two attached hydrogens (primary N) is 1. The van der Waals surface area contributed by atoms with E-state index in [-0.39, 0.29) is 17.4 Å². The van der Waals surface area contributed by atoms with E-state index in [1.165, 1.54) is 0 Å². The molecule has 0 radical (unpaired) electrons. The molecule has 0 aromatic heterocycles. The van der Waals surface area contributed by atoms with Gasteiger partial charge in [-0.25, -0.2) is 8.42 Å². The van der Waals surface area contributed by atoms with E-state index in [9.17, 15) is 13.5 Å². The van der Waals surface area contributed by atoms with Gasteiger partial charge >= 0.3 is 0 Å². The van der Waals surface area contributed by atoms with Gasteiger partial charge in [0, 0.05) is 5.69 Å². The molecule has 5 heteroatoms. The van der Waals surface area contributed by atoms with Gasteiger partial charge in [0.1, 0.15) is 9.84 Å². The zero-order valence-electron chi connectivity index (χ0n) is 9.54. The Balaban J connectivity index is 2.09. The van der Waals surface area contributed by atoms with E-state index in [1.54, 1.807) is 18.2 Å². The summed E-state index contributed by atoms with van der Waals surface area (Å²) in [5, 5.41) is 10.2. The first-order valence-electron chi connectivity index (χ1n) is 5.72. The first kappa shape index (κ1) is 12.4. The minimum Gasteiger partial charge on any atom is -0.399 e. The molecule has 94 valence electrons. The summed E-state index contributed by atoms with van der Waals surface area (Å²) in [6.07, 6.45) is 0.436. The number of aliphatic hydroxyl groups excluding tert-OH is 1. The summed E-state index contributed by atoms with van der Waals surface area (Å²) < 4.78 is 22.6. The maximum Gasteiger partial charge on any atom is 0.150 e. The summed E-state index contributed by atoms with van der Waals surface area (Å²) >= 11 is 0. The fraction of sp³-hybridized carbons (Fsp3) is 0.500. The quantitative estimate of drug-likeness (QED) is 0.776. The van der Waals surface area contributed by atoms with Crippen LogP contribution < -0.4 is 5.73 Å². The zero-order valence-corrected chi connectivity index (χ0v) is 10.4. The van der Waals surface area contributed by atoms with Crippen molar-refractivity contribution in [2.75, 3.05) is 17.2 Å². The third kappa shape index (κ3) is 2.98. The molecule has 1 unspecified atom stereocenters. The Morgan fingerprint density at radius 1 is 1.29 bits per heavy atom. The minimum absolute atomic E-state index is 0.0142. The molecule has 1 aliphatic heterocycles. The van der Waals surface area contributed by atoms with Crippen molar-refractivity contribution in [1.82, 2.24) is 0 Å². The monoisotopic (exact) mass is 255 g/mol. The first-order chi connectivity index (χ1) is 7.98. The lowest BCUT2D eigenvalue weighted by Gasteiger charge is -2.26. The molecule has 1 atom stereocenters. The maximum absolute atomic E-state index is 11.3. The molecule has 1 fully saturated rings. The standard InChI is InChI=1S/C12H17NO3S/c13-11-3-1-2-10(8-11)12(14)9-4-6-17(15,16)7-5-9/h1-3,8-9,12,14H,4-7,13H2. The van der Waals surface area contributed by atoms with Crippen LogP contribution in [0.15, 0.2) is 24.3 Å². The van der Waals surface area contributed by atoms with Gasteiger partial charge in [-0.2, -0.15) is 0 Å². The third-order valence-electron chi connectivity index (χ3n) is 3.30. The van der Waals surface area contributed by atoms with Crippen LogP contribution in [0.25, 0.3) is 0 Å². The first-order valence-corrected chi connectivity index (χ1v) is 7.54. The van der Waals surface area contributed by atoms with E-state index in [1.807, 2.05) is 6.07 Å². The molecule has 1 aliphatic rings. The summed E-state index contributed by atoms with van der Waals surface area (Å²) in [7, 11) is -2.88. The van der Waals surface area contributed by atoms with Gasteiger partial charge in [0.2, 0.25) is 0 Å². The Kier molecular flexibility index (Phi) is 3.40. The number of hydrogen-bond donors (Lipinski definition) is 2. The second kappa shape index (κ2) is 4.66. The summed E-state index contributed by atoms with van der Waals surface area (Å²) in [6, 6.07) is 7.13. The van der Waals surface area contributed by atoms with Crippen LogP contribution in [0.4, 0.5) is 5.69 Å². The highest BCUT2D eigenvalue weighted by molar-refractivity contribution is 7.91. The van der Waals surface area contributed by atoms with Gasteiger partial charge in [0.25, 0.3) is 0 Å². The average molecular weight is 255 g/mol. The topological polar surface area (TPSA) is 80.4 Å². The largest absolute Gasteiger partial charge is 0.399 e. The molecule has 0 aliphatic carbocycles. The molecule has 1 saturated heterocycles. The molecule has 3 N–H and O–H groups in total. The van der Waals surface area contributed by atoms with Crippen LogP contribution >= 0.6 is 0 Å². The van der Waals surface area contributed by atoms with Gasteiger partial charge in [0.05, 0.1) is 17.6 Å². The lowest BCUT2D eigenvalue weighted by Crippen LogP contribution is -2.27. The number of aliphatic hydroxyl groups is 1. The van der Waals surface area contributed by atoms with Gasteiger partial charge in [-0.1, -0.05) is 12.1 Å². The molecule has 1 aromatic rings. The van der Waals surface area contributed by atoms with Crippen LogP contribution in [0.2, 0.25) is 0 Å². The van der Waals surface area contributed by atoms with E-state index < -0.39 is 15.9 Å². The predicted molar refractivity (Wildman–Crippen MR) is 67.2 cm³/mol. The molecule has 0 amide bonds. The minimum atomic E-state index is -2.88. The summed E-state index contributed by atoms with van der Waals surface area (Å²) in [4.78, 5) is 0. The van der Waals surface area contributed by atoms with Crippen molar-refractivity contribution in [3.8, 4) is 0 Å². The van der Waals surface area contributed by atoms with Crippen LogP contribution in [-0.4, -0.2) is 25.0 Å². The molecule has 4 nitrogen and oxygen atoms in total. The van der Waals surface area contributed by atoms with Gasteiger partial charge < -0.3 is 10.8 Å². The van der Waals surface area contributed by atoms with E-state index in [0.29, 0.717) is 18.5 Å². The summed E-state index contributed by atoms with van der Waals surface area (Å²) in [6.45, 7) is 0. The lowest BCUT2D eigenvalue weighted by atomic mass is 9.91. The van der Waals surface area contributed by atoms with Crippen LogP contribution in [0.5, 0.6) is 0 Å². The normalized spacial score (nSPS) is 22.2. The van der Waals surface area contributed by atoms with Crippen molar-refractivity contribution in [3.63, 3.8) is 0 Å². The molecule has 0 saturated carbocycles. The van der Waals surface area contributed by atoms with Crippen molar-refractivity contribution in [2.45, 2.75) is 18.9 Å². The molecule has 2 rings (SSSR count). The average Bonchev–Trinajstić information content (AvgIpc) is 2.28. The van der Waals surface area contributed by atoms with Gasteiger partial charge in [0.15, 0.2) is 0 Å². The molecule has 0 bridgehead atoms. The number of nitrogen functional groups attached to an aromatic ring is 1. The Bertz CT molecular complexity index is 484. The summed E-state index contributed by atoms with van der Waals surface area (Å²) in [5.74, 6) is 0.369. The van der Waals surface area contributed by atoms with E-state index in [4.69, 9.17) is 5.73 Å². The highest BCUT2D eigenvalue weighted by Gasteiger charge is 2.29. The number of hydrogen-bond acceptors (Lipinski definition) is 4. The highest BCUT2D eigenvalue weighted by atomic mass is 32.2. The van der Waals surface area contributed by atoms with Crippen LogP contribution in [0.1, 0.15) is 24.5 Å². The second-order valence-corrected chi connectivity index (χ2v) is 6.91. The third-order valence-corrected chi connectivity index (χ3v) is 5.01. The molecule has 1 heterocycles. The number of sulfone groups is 1. The van der Waals surface area contributed by atoms with E-state index in [0.717, 1.165) is 5.56 Å². The number of benzene rings is 1. The predicted octanol–water partition coefficient (Wildman–Crippen LogP) is 1.13. The smallest absolute Gasteiger partial charge is 0.150 e.